The van der Waals surface area contributed by atoms with Crippen molar-refractivity contribution >= 4 is 16.9 Å². The van der Waals surface area contributed by atoms with Gasteiger partial charge in [0.15, 0.2) is 0 Å². The van der Waals surface area contributed by atoms with Gasteiger partial charge in [-0.05, 0) is 13.0 Å². The Kier molecular flexibility index (Phi) is 3.11. The van der Waals surface area contributed by atoms with Crippen molar-refractivity contribution in [2.75, 3.05) is 5.32 Å². The summed E-state index contributed by atoms with van der Waals surface area (Å²) in [6, 6.07) is 1.72. The molecule has 0 saturated heterocycles. The Labute approximate surface area is 129 Å². The lowest BCUT2D eigenvalue weighted by atomic mass is 10.3. The van der Waals surface area contributed by atoms with Crippen molar-refractivity contribution in [3.63, 3.8) is 0 Å². The van der Waals surface area contributed by atoms with Crippen LogP contribution in [-0.4, -0.2) is 35.2 Å². The highest BCUT2D eigenvalue weighted by Crippen LogP contribution is 2.22. The van der Waals surface area contributed by atoms with Gasteiger partial charge in [-0.15, -0.1) is 0 Å². The predicted molar refractivity (Wildman–Crippen MR) is 77.0 cm³/mol. The summed E-state index contributed by atoms with van der Waals surface area (Å²) in [6.07, 6.45) is 4.62. The number of fused-ring (bicyclic) bond motifs is 1. The number of aromatic nitrogens is 7. The summed E-state index contributed by atoms with van der Waals surface area (Å²) in [7, 11) is 0. The van der Waals surface area contributed by atoms with E-state index in [1.54, 1.807) is 18.5 Å². The van der Waals surface area contributed by atoms with Crippen molar-refractivity contribution in [1.29, 1.82) is 0 Å². The SMILES string of the molecule is Cc1noc2ncnc(NCc3nc(-c4ncccn4)no3)c12. The molecular weight excluding hydrogens is 300 g/mol. The molecule has 0 aromatic carbocycles. The summed E-state index contributed by atoms with van der Waals surface area (Å²) < 4.78 is 10.3. The van der Waals surface area contributed by atoms with E-state index in [-0.39, 0.29) is 6.54 Å². The summed E-state index contributed by atoms with van der Waals surface area (Å²) in [4.78, 5) is 20.6. The van der Waals surface area contributed by atoms with Gasteiger partial charge in [-0.25, -0.2) is 15.0 Å². The van der Waals surface area contributed by atoms with Gasteiger partial charge >= 0.3 is 0 Å². The third-order valence-corrected chi connectivity index (χ3v) is 3.08. The smallest absolute Gasteiger partial charge is 0.263 e. The first-order valence-corrected chi connectivity index (χ1v) is 6.72. The minimum absolute atomic E-state index is 0.288. The molecule has 0 bridgehead atoms. The summed E-state index contributed by atoms with van der Waals surface area (Å²) in [5.74, 6) is 1.70. The normalized spacial score (nSPS) is 11.0. The largest absolute Gasteiger partial charge is 0.360 e. The second-order valence-electron chi connectivity index (χ2n) is 4.61. The Morgan fingerprint density at radius 3 is 2.74 bits per heavy atom. The fraction of sp³-hybridized carbons (Fsp3) is 0.154. The summed E-state index contributed by atoms with van der Waals surface area (Å²) in [5, 5.41) is 11.6. The molecule has 4 aromatic heterocycles. The highest BCUT2D eigenvalue weighted by atomic mass is 16.5. The number of aryl methyl sites for hydroxylation is 1. The van der Waals surface area contributed by atoms with E-state index in [2.05, 4.69) is 40.6 Å². The maximum atomic E-state index is 5.18. The van der Waals surface area contributed by atoms with E-state index in [1.165, 1.54) is 6.33 Å². The van der Waals surface area contributed by atoms with Crippen LogP contribution in [0.5, 0.6) is 0 Å². The molecule has 23 heavy (non-hydrogen) atoms. The molecule has 0 aliphatic heterocycles. The van der Waals surface area contributed by atoms with Crippen molar-refractivity contribution in [3.8, 4) is 11.6 Å². The van der Waals surface area contributed by atoms with Gasteiger partial charge in [0.25, 0.3) is 5.71 Å². The average Bonchev–Trinajstić information content (AvgIpc) is 3.21. The Bertz CT molecular complexity index is 949. The van der Waals surface area contributed by atoms with Crippen LogP contribution in [0.25, 0.3) is 22.7 Å². The number of anilines is 1. The van der Waals surface area contributed by atoms with Crippen LogP contribution in [0.1, 0.15) is 11.6 Å². The summed E-state index contributed by atoms with van der Waals surface area (Å²) in [6.45, 7) is 2.11. The zero-order valence-corrected chi connectivity index (χ0v) is 12.0. The topological polar surface area (TPSA) is 129 Å². The van der Waals surface area contributed by atoms with Gasteiger partial charge in [0.05, 0.1) is 12.2 Å². The second kappa shape index (κ2) is 5.40. The summed E-state index contributed by atoms with van der Waals surface area (Å²) >= 11 is 0. The van der Waals surface area contributed by atoms with Crippen LogP contribution in [0, 0.1) is 6.92 Å². The molecule has 10 heteroatoms. The Morgan fingerprint density at radius 2 is 1.87 bits per heavy atom. The van der Waals surface area contributed by atoms with Gasteiger partial charge in [0, 0.05) is 12.4 Å². The summed E-state index contributed by atoms with van der Waals surface area (Å²) in [5.41, 5.74) is 1.12. The Hall–Kier alpha value is -3.43. The number of hydrogen-bond acceptors (Lipinski definition) is 10. The number of rotatable bonds is 4. The molecule has 0 fully saturated rings. The molecule has 4 aromatic rings. The van der Waals surface area contributed by atoms with Crippen molar-refractivity contribution in [2.24, 2.45) is 0 Å². The van der Waals surface area contributed by atoms with E-state index in [0.29, 0.717) is 34.8 Å². The zero-order chi connectivity index (χ0) is 15.6. The van der Waals surface area contributed by atoms with E-state index in [9.17, 15) is 0 Å². The highest BCUT2D eigenvalue weighted by Gasteiger charge is 2.14. The van der Waals surface area contributed by atoms with E-state index < -0.39 is 0 Å². The van der Waals surface area contributed by atoms with Gasteiger partial charge in [-0.2, -0.15) is 9.97 Å². The fourth-order valence-electron chi connectivity index (χ4n) is 2.05. The van der Waals surface area contributed by atoms with Gasteiger partial charge in [-0.1, -0.05) is 10.3 Å². The Morgan fingerprint density at radius 1 is 1.00 bits per heavy atom. The lowest BCUT2D eigenvalue weighted by Crippen LogP contribution is -2.03. The molecule has 10 nitrogen and oxygen atoms in total. The maximum absolute atomic E-state index is 5.18. The molecule has 0 aliphatic rings. The first-order valence-electron chi connectivity index (χ1n) is 6.72. The molecule has 0 saturated carbocycles. The molecule has 1 N–H and O–H groups in total. The molecule has 0 spiro atoms. The second-order valence-corrected chi connectivity index (χ2v) is 4.61. The molecule has 0 amide bonds. The average molecular weight is 310 g/mol. The van der Waals surface area contributed by atoms with Crippen molar-refractivity contribution in [3.05, 3.63) is 36.4 Å². The fourth-order valence-corrected chi connectivity index (χ4v) is 2.05. The molecule has 0 atom stereocenters. The van der Waals surface area contributed by atoms with Crippen LogP contribution in [0.3, 0.4) is 0 Å². The van der Waals surface area contributed by atoms with Gasteiger partial charge in [0.2, 0.25) is 17.5 Å². The van der Waals surface area contributed by atoms with E-state index in [1.807, 2.05) is 6.92 Å². The number of hydrogen-bond donors (Lipinski definition) is 1. The van der Waals surface area contributed by atoms with Gasteiger partial charge < -0.3 is 14.4 Å². The maximum Gasteiger partial charge on any atom is 0.263 e. The predicted octanol–water partition coefficient (Wildman–Crippen LogP) is 1.38. The van der Waals surface area contributed by atoms with E-state index in [0.717, 1.165) is 5.39 Å². The highest BCUT2D eigenvalue weighted by molar-refractivity contribution is 5.87. The molecule has 114 valence electrons. The molecular formula is C13H10N8O2. The van der Waals surface area contributed by atoms with Crippen LogP contribution in [0.4, 0.5) is 5.82 Å². The molecule has 4 rings (SSSR count). The van der Waals surface area contributed by atoms with Crippen molar-refractivity contribution in [2.45, 2.75) is 13.5 Å². The minimum Gasteiger partial charge on any atom is -0.360 e. The Balaban J connectivity index is 1.55. The monoisotopic (exact) mass is 310 g/mol. The van der Waals surface area contributed by atoms with E-state index in [4.69, 9.17) is 9.05 Å². The minimum atomic E-state index is 0.288. The van der Waals surface area contributed by atoms with Crippen LogP contribution in [0.15, 0.2) is 33.8 Å². The van der Waals surface area contributed by atoms with Crippen LogP contribution >= 0.6 is 0 Å². The van der Waals surface area contributed by atoms with Crippen LogP contribution in [0.2, 0.25) is 0 Å². The number of nitrogens with one attached hydrogen (secondary N) is 1. The van der Waals surface area contributed by atoms with Crippen LogP contribution < -0.4 is 5.32 Å². The molecule has 4 heterocycles. The molecule has 0 aliphatic carbocycles. The molecule has 0 radical (unpaired) electrons. The van der Waals surface area contributed by atoms with Gasteiger partial charge in [-0.3, -0.25) is 0 Å². The van der Waals surface area contributed by atoms with Crippen molar-refractivity contribution < 1.29 is 9.05 Å². The van der Waals surface area contributed by atoms with Crippen LogP contribution in [-0.2, 0) is 6.54 Å². The zero-order valence-electron chi connectivity index (χ0n) is 12.0. The van der Waals surface area contributed by atoms with Crippen molar-refractivity contribution in [1.82, 2.24) is 35.2 Å². The third-order valence-electron chi connectivity index (χ3n) is 3.08. The number of nitrogens with zero attached hydrogens (tertiary/aromatic N) is 7. The van der Waals surface area contributed by atoms with E-state index >= 15 is 0 Å². The third kappa shape index (κ3) is 2.46. The molecule has 0 unspecified atom stereocenters. The van der Waals surface area contributed by atoms with Gasteiger partial charge in [0.1, 0.15) is 17.5 Å². The quantitative estimate of drug-likeness (QED) is 0.590. The standard InChI is InChI=1S/C13H10N8O2/c1-7-9-10(17-6-18-13(9)23-20-7)16-5-8-19-12(21-22-8)11-14-3-2-4-15-11/h2-4,6H,5H2,1H3,(H,16,17,18). The first-order chi connectivity index (χ1) is 11.3. The lowest BCUT2D eigenvalue weighted by molar-refractivity contribution is 0.383. The lowest BCUT2D eigenvalue weighted by Gasteiger charge is -2.02. The first kappa shape index (κ1) is 13.2.